The third-order valence-corrected chi connectivity index (χ3v) is 8.98. The summed E-state index contributed by atoms with van der Waals surface area (Å²) in [5, 5.41) is 2.58. The van der Waals surface area contributed by atoms with Gasteiger partial charge in [-0.15, -0.1) is 0 Å². The number of hydrogen-bond acceptors (Lipinski definition) is 2. The highest BCUT2D eigenvalue weighted by Gasteiger charge is 2.27. The van der Waals surface area contributed by atoms with Crippen molar-refractivity contribution in [3.05, 3.63) is 144 Å². The number of benzene rings is 5. The quantitative estimate of drug-likeness (QED) is 0.230. The molecule has 2 heterocycles. The summed E-state index contributed by atoms with van der Waals surface area (Å²) in [4.78, 5) is 5.10. The summed E-state index contributed by atoms with van der Waals surface area (Å²) in [5.74, 6) is 0. The predicted molar refractivity (Wildman–Crippen MR) is 166 cm³/mol. The smallest absolute Gasteiger partial charge is 0.0601 e. The molecule has 0 unspecified atom stereocenters. The molecule has 0 saturated carbocycles. The largest absolute Gasteiger partial charge is 0.309 e. The Labute approximate surface area is 232 Å². The van der Waals surface area contributed by atoms with Crippen LogP contribution in [-0.2, 0) is 0 Å². The van der Waals surface area contributed by atoms with Gasteiger partial charge in [0.1, 0.15) is 0 Å². The van der Waals surface area contributed by atoms with Crippen molar-refractivity contribution in [2.75, 3.05) is 4.90 Å². The lowest BCUT2D eigenvalue weighted by molar-refractivity contribution is 0.982. The van der Waals surface area contributed by atoms with Gasteiger partial charge in [-0.2, -0.15) is 0 Å². The number of allylic oxidation sites excluding steroid dienone is 2. The molecule has 3 heteroatoms. The Morgan fingerprint density at radius 2 is 1.08 bits per heavy atom. The van der Waals surface area contributed by atoms with Crippen molar-refractivity contribution in [3.8, 4) is 16.8 Å². The molecule has 2 aliphatic rings. The summed E-state index contributed by atoms with van der Waals surface area (Å²) >= 11 is 1.89. The van der Waals surface area contributed by atoms with Crippen molar-refractivity contribution in [1.29, 1.82) is 0 Å². The first-order valence-corrected chi connectivity index (χ1v) is 14.3. The molecule has 8 rings (SSSR count). The maximum atomic E-state index is 2.42. The van der Waals surface area contributed by atoms with Gasteiger partial charge in [0, 0.05) is 31.9 Å². The van der Waals surface area contributed by atoms with Crippen LogP contribution in [0.4, 0.5) is 11.4 Å². The minimum absolute atomic E-state index is 1.09. The normalized spacial score (nSPS) is 14.6. The van der Waals surface area contributed by atoms with Gasteiger partial charge in [0.2, 0.25) is 0 Å². The van der Waals surface area contributed by atoms with Gasteiger partial charge < -0.3 is 9.47 Å². The molecule has 1 aliphatic carbocycles. The fourth-order valence-corrected chi connectivity index (χ4v) is 7.12. The van der Waals surface area contributed by atoms with Crippen molar-refractivity contribution in [2.45, 2.75) is 17.7 Å². The summed E-state index contributed by atoms with van der Waals surface area (Å²) in [6.07, 6.45) is 6.98. The van der Waals surface area contributed by atoms with E-state index in [2.05, 4.69) is 143 Å². The van der Waals surface area contributed by atoms with Crippen molar-refractivity contribution < 1.29 is 0 Å². The minimum Gasteiger partial charge on any atom is -0.309 e. The van der Waals surface area contributed by atoms with Crippen LogP contribution < -0.4 is 4.90 Å². The first kappa shape index (κ1) is 22.5. The van der Waals surface area contributed by atoms with Crippen LogP contribution in [0.15, 0.2) is 149 Å². The van der Waals surface area contributed by atoms with E-state index in [9.17, 15) is 0 Å². The van der Waals surface area contributed by atoms with Gasteiger partial charge in [-0.05, 0) is 72.5 Å². The molecule has 1 aromatic heterocycles. The Morgan fingerprint density at radius 3 is 1.77 bits per heavy atom. The third kappa shape index (κ3) is 3.65. The molecule has 0 fully saturated rings. The average molecular weight is 519 g/mol. The van der Waals surface area contributed by atoms with Gasteiger partial charge in [-0.25, -0.2) is 0 Å². The Balaban J connectivity index is 1.15. The second kappa shape index (κ2) is 9.07. The molecule has 186 valence electrons. The van der Waals surface area contributed by atoms with Gasteiger partial charge in [0.05, 0.1) is 22.4 Å². The zero-order chi connectivity index (χ0) is 25.8. The Morgan fingerprint density at radius 1 is 0.513 bits per heavy atom. The maximum Gasteiger partial charge on any atom is 0.0601 e. The number of thioether (sulfide) groups is 1. The van der Waals surface area contributed by atoms with E-state index < -0.39 is 0 Å². The van der Waals surface area contributed by atoms with Crippen LogP contribution in [0.1, 0.15) is 12.8 Å². The van der Waals surface area contributed by atoms with Crippen molar-refractivity contribution in [3.63, 3.8) is 0 Å². The number of para-hydroxylation sites is 3. The summed E-state index contributed by atoms with van der Waals surface area (Å²) < 4.78 is 2.37. The topological polar surface area (TPSA) is 8.17 Å². The van der Waals surface area contributed by atoms with Gasteiger partial charge >= 0.3 is 0 Å². The van der Waals surface area contributed by atoms with E-state index in [0.29, 0.717) is 0 Å². The summed E-state index contributed by atoms with van der Waals surface area (Å²) in [5.41, 5.74) is 9.87. The van der Waals surface area contributed by atoms with Crippen LogP contribution in [-0.4, -0.2) is 4.57 Å². The number of nitrogens with zero attached hydrogens (tertiary/aromatic N) is 2. The SMILES string of the molecule is C1=C2Sc3ccccc3N(c3ccc(-c4ccc(-n5c6ccccc6c6ccccc65)cc4)cc3)C2=CCC1. The highest BCUT2D eigenvalue weighted by atomic mass is 32.2. The van der Waals surface area contributed by atoms with Gasteiger partial charge in [-0.1, -0.05) is 96.7 Å². The van der Waals surface area contributed by atoms with Crippen LogP contribution in [0.3, 0.4) is 0 Å². The van der Waals surface area contributed by atoms with Crippen molar-refractivity contribution >= 4 is 44.9 Å². The summed E-state index contributed by atoms with van der Waals surface area (Å²) in [7, 11) is 0. The van der Waals surface area contributed by atoms with E-state index in [-0.39, 0.29) is 0 Å². The van der Waals surface area contributed by atoms with Crippen LogP contribution in [0, 0.1) is 0 Å². The summed E-state index contributed by atoms with van der Waals surface area (Å²) in [6, 6.07) is 44.0. The van der Waals surface area contributed by atoms with Crippen molar-refractivity contribution in [1.82, 2.24) is 4.57 Å². The van der Waals surface area contributed by atoms with E-state index in [1.807, 2.05) is 11.8 Å². The molecule has 5 aromatic carbocycles. The molecule has 0 bridgehead atoms. The first-order valence-electron chi connectivity index (χ1n) is 13.5. The molecule has 1 aliphatic heterocycles. The molecule has 0 radical (unpaired) electrons. The number of hydrogen-bond donors (Lipinski definition) is 0. The lowest BCUT2D eigenvalue weighted by atomic mass is 10.0. The number of rotatable bonds is 3. The van der Waals surface area contributed by atoms with E-state index in [4.69, 9.17) is 0 Å². The Kier molecular flexibility index (Phi) is 5.24. The minimum atomic E-state index is 1.09. The second-order valence-electron chi connectivity index (χ2n) is 10.1. The second-order valence-corrected chi connectivity index (χ2v) is 11.2. The number of anilines is 2. The molecule has 0 atom stereocenters. The van der Waals surface area contributed by atoms with Crippen molar-refractivity contribution in [2.24, 2.45) is 0 Å². The molecule has 0 spiro atoms. The fourth-order valence-electron chi connectivity index (χ4n) is 6.00. The lowest BCUT2D eigenvalue weighted by Crippen LogP contribution is -2.22. The number of aromatic nitrogens is 1. The molecule has 2 nitrogen and oxygen atoms in total. The van der Waals surface area contributed by atoms with Crippen LogP contribution in [0.25, 0.3) is 38.6 Å². The molecule has 6 aromatic rings. The van der Waals surface area contributed by atoms with Crippen LogP contribution >= 0.6 is 11.8 Å². The molecular formula is C36H26N2S. The van der Waals surface area contributed by atoms with Crippen LogP contribution in [0.2, 0.25) is 0 Å². The van der Waals surface area contributed by atoms with E-state index in [1.54, 1.807) is 0 Å². The molecule has 39 heavy (non-hydrogen) atoms. The Hall–Kier alpha value is -4.47. The highest BCUT2D eigenvalue weighted by Crippen LogP contribution is 2.50. The van der Waals surface area contributed by atoms with Gasteiger partial charge in [-0.3, -0.25) is 0 Å². The lowest BCUT2D eigenvalue weighted by Gasteiger charge is -2.36. The fraction of sp³-hybridized carbons (Fsp3) is 0.0556. The first-order chi connectivity index (χ1) is 19.3. The van der Waals surface area contributed by atoms with E-state index in [0.717, 1.165) is 12.8 Å². The molecule has 0 saturated heterocycles. The average Bonchev–Trinajstić information content (AvgIpc) is 3.34. The van der Waals surface area contributed by atoms with Gasteiger partial charge in [0.25, 0.3) is 0 Å². The van der Waals surface area contributed by atoms with Crippen LogP contribution in [0.5, 0.6) is 0 Å². The molecular weight excluding hydrogens is 492 g/mol. The monoisotopic (exact) mass is 518 g/mol. The van der Waals surface area contributed by atoms with Gasteiger partial charge in [0.15, 0.2) is 0 Å². The summed E-state index contributed by atoms with van der Waals surface area (Å²) in [6.45, 7) is 0. The molecule has 0 amide bonds. The zero-order valence-electron chi connectivity index (χ0n) is 21.4. The zero-order valence-corrected chi connectivity index (χ0v) is 22.2. The van der Waals surface area contributed by atoms with E-state index in [1.165, 1.54) is 65.5 Å². The maximum absolute atomic E-state index is 2.42. The Bertz CT molecular complexity index is 1870. The predicted octanol–water partition coefficient (Wildman–Crippen LogP) is 10.3. The molecule has 0 N–H and O–H groups in total. The third-order valence-electron chi connectivity index (χ3n) is 7.82. The standard InChI is InChI=1S/C36H26N2S/c1-3-11-31-29(9-1)30-10-2-4-12-32(30)37(31)27-21-17-25(18-22-27)26-19-23-28(24-20-26)38-33-13-5-7-15-35(33)39-36-16-8-6-14-34(36)38/h1-5,7,9-24H,6,8H2. The highest BCUT2D eigenvalue weighted by molar-refractivity contribution is 8.03. The number of fused-ring (bicyclic) bond motifs is 5. The van der Waals surface area contributed by atoms with E-state index >= 15 is 0 Å².